The first-order chi connectivity index (χ1) is 18.7. The fourth-order valence-electron chi connectivity index (χ4n) is 4.45. The summed E-state index contributed by atoms with van der Waals surface area (Å²) in [5.41, 5.74) is 6.05. The molecule has 11 heteroatoms. The number of amides is 1. The summed E-state index contributed by atoms with van der Waals surface area (Å²) in [6.07, 6.45) is 0.408. The third-order valence-corrected chi connectivity index (χ3v) is 7.56. The van der Waals surface area contributed by atoms with Crippen molar-refractivity contribution in [2.24, 2.45) is 0 Å². The summed E-state index contributed by atoms with van der Waals surface area (Å²) in [4.78, 5) is 25.3. The number of rotatable bonds is 7. The largest absolute Gasteiger partial charge is 0.430 e. The minimum atomic E-state index is -0.419. The van der Waals surface area contributed by atoms with Crippen LogP contribution < -0.4 is 21.0 Å². The van der Waals surface area contributed by atoms with E-state index in [4.69, 9.17) is 4.52 Å². The predicted molar refractivity (Wildman–Crippen MR) is 140 cm³/mol. The van der Waals surface area contributed by atoms with E-state index in [0.29, 0.717) is 28.7 Å². The molecule has 0 spiro atoms. The highest BCUT2D eigenvalue weighted by Crippen LogP contribution is 2.38. The standard InChI is InChI=1S/C27H23N7O3S/c35-25(19-12-6-2-7-13-19)28-17-23-29-30-27-34(23)31-24(18-10-4-1-5-11-18)22(38-27)16-21-26(36)37-32-33(21)20-14-8-3-9-15-20/h1-15,22,24,31H,16-17H2,(H-,28,32,35,36)/p+1. The van der Waals surface area contributed by atoms with E-state index in [1.165, 1.54) is 11.8 Å². The summed E-state index contributed by atoms with van der Waals surface area (Å²) in [5.74, 6) is 0.394. The molecule has 1 aliphatic rings. The normalized spacial score (nSPS) is 16.4. The van der Waals surface area contributed by atoms with Crippen LogP contribution in [0, 0.1) is 0 Å². The molecule has 1 amide bonds. The Hall–Kier alpha value is -4.64. The number of benzene rings is 3. The zero-order chi connectivity index (χ0) is 25.9. The Balaban J connectivity index is 1.29. The van der Waals surface area contributed by atoms with Gasteiger partial charge in [-0.2, -0.15) is 0 Å². The van der Waals surface area contributed by atoms with Crippen LogP contribution in [0.25, 0.3) is 5.69 Å². The number of aromatic amines is 1. The molecule has 1 aliphatic heterocycles. The Labute approximate surface area is 221 Å². The third-order valence-electron chi connectivity index (χ3n) is 6.34. The van der Waals surface area contributed by atoms with Crippen molar-refractivity contribution in [3.8, 4) is 5.69 Å². The molecule has 5 aromatic rings. The molecule has 3 heterocycles. The van der Waals surface area contributed by atoms with E-state index in [1.54, 1.807) is 16.8 Å². The van der Waals surface area contributed by atoms with Gasteiger partial charge in [0.05, 0.1) is 19.0 Å². The van der Waals surface area contributed by atoms with Gasteiger partial charge in [-0.25, -0.2) is 9.47 Å². The number of carbonyl (C=O) groups is 1. The lowest BCUT2D eigenvalue weighted by Crippen LogP contribution is -2.43. The van der Waals surface area contributed by atoms with Crippen LogP contribution in [0.3, 0.4) is 0 Å². The summed E-state index contributed by atoms with van der Waals surface area (Å²) in [5, 5.41) is 14.9. The van der Waals surface area contributed by atoms with Gasteiger partial charge in [0.25, 0.3) is 5.91 Å². The van der Waals surface area contributed by atoms with Crippen LogP contribution >= 0.6 is 11.8 Å². The van der Waals surface area contributed by atoms with Gasteiger partial charge < -0.3 is 10.7 Å². The summed E-state index contributed by atoms with van der Waals surface area (Å²) < 4.78 is 8.67. The van der Waals surface area contributed by atoms with Gasteiger partial charge in [-0.3, -0.25) is 9.32 Å². The number of hydrogen-bond donors (Lipinski definition) is 3. The fraction of sp³-hybridized carbons (Fsp3) is 0.148. The molecule has 2 unspecified atom stereocenters. The number of carbonyl (C=O) groups excluding carboxylic acids is 1. The summed E-state index contributed by atoms with van der Waals surface area (Å²) >= 11 is 1.53. The highest BCUT2D eigenvalue weighted by atomic mass is 32.2. The molecule has 2 atom stereocenters. The van der Waals surface area contributed by atoms with Crippen molar-refractivity contribution in [3.05, 3.63) is 124 Å². The lowest BCUT2D eigenvalue weighted by molar-refractivity contribution is -0.677. The maximum absolute atomic E-state index is 12.7. The Morgan fingerprint density at radius 2 is 1.66 bits per heavy atom. The maximum atomic E-state index is 12.7. The van der Waals surface area contributed by atoms with E-state index in [9.17, 15) is 9.59 Å². The number of nitrogens with zero attached hydrogens (tertiary/aromatic N) is 4. The number of thioether (sulfide) groups is 1. The Morgan fingerprint density at radius 3 is 2.39 bits per heavy atom. The van der Waals surface area contributed by atoms with Crippen molar-refractivity contribution in [2.45, 2.75) is 29.4 Å². The van der Waals surface area contributed by atoms with E-state index in [2.05, 4.69) is 26.2 Å². The average Bonchev–Trinajstić information content (AvgIpc) is 3.55. The number of fused-ring (bicyclic) bond motifs is 1. The van der Waals surface area contributed by atoms with Crippen molar-refractivity contribution in [2.75, 3.05) is 5.43 Å². The number of para-hydroxylation sites is 1. The molecular weight excluding hydrogens is 502 g/mol. The van der Waals surface area contributed by atoms with Crippen molar-refractivity contribution in [1.29, 1.82) is 0 Å². The first-order valence-electron chi connectivity index (χ1n) is 12.1. The Morgan fingerprint density at radius 1 is 0.974 bits per heavy atom. The van der Waals surface area contributed by atoms with Crippen LogP contribution in [-0.4, -0.2) is 31.3 Å². The van der Waals surface area contributed by atoms with Gasteiger partial charge >= 0.3 is 11.3 Å². The molecule has 3 N–H and O–H groups in total. The van der Waals surface area contributed by atoms with Crippen LogP contribution in [0.4, 0.5) is 0 Å². The number of nitrogens with one attached hydrogen (secondary N) is 3. The molecule has 0 saturated carbocycles. The van der Waals surface area contributed by atoms with Gasteiger partial charge in [-0.1, -0.05) is 78.5 Å². The fourth-order valence-corrected chi connectivity index (χ4v) is 5.67. The zero-order valence-electron chi connectivity index (χ0n) is 20.2. The van der Waals surface area contributed by atoms with E-state index >= 15 is 0 Å². The van der Waals surface area contributed by atoms with E-state index in [0.717, 1.165) is 11.3 Å². The molecule has 0 saturated heterocycles. The average molecular weight is 527 g/mol. The lowest BCUT2D eigenvalue weighted by atomic mass is 10.0. The van der Waals surface area contributed by atoms with Crippen LogP contribution in [0.2, 0.25) is 0 Å². The molecule has 0 aliphatic carbocycles. The maximum Gasteiger partial charge on any atom is 0.430 e. The molecule has 0 fully saturated rings. The van der Waals surface area contributed by atoms with E-state index < -0.39 is 5.63 Å². The first-order valence-corrected chi connectivity index (χ1v) is 13.0. The molecular formula is C27H24N7O3S+. The lowest BCUT2D eigenvalue weighted by Gasteiger charge is -2.33. The number of H-pyrrole nitrogens is 1. The summed E-state index contributed by atoms with van der Waals surface area (Å²) in [6.45, 7) is 0.204. The zero-order valence-corrected chi connectivity index (χ0v) is 21.0. The van der Waals surface area contributed by atoms with E-state index in [-0.39, 0.29) is 23.7 Å². The Bertz CT molecular complexity index is 1600. The summed E-state index contributed by atoms with van der Waals surface area (Å²) in [6, 6.07) is 28.4. The van der Waals surface area contributed by atoms with Crippen molar-refractivity contribution in [3.63, 3.8) is 0 Å². The number of hydrogen-bond acceptors (Lipinski definition) is 7. The Kier molecular flexibility index (Phi) is 6.49. The highest BCUT2D eigenvalue weighted by molar-refractivity contribution is 7.99. The minimum Gasteiger partial charge on any atom is -0.345 e. The van der Waals surface area contributed by atoms with Gasteiger partial charge in [0.2, 0.25) is 10.8 Å². The quantitative estimate of drug-likeness (QED) is 0.279. The second-order valence-corrected chi connectivity index (χ2v) is 9.97. The smallest absolute Gasteiger partial charge is 0.345 e. The topological polar surface area (TPSA) is 122 Å². The number of aromatic nitrogens is 5. The van der Waals surface area contributed by atoms with Gasteiger partial charge in [0, 0.05) is 22.9 Å². The van der Waals surface area contributed by atoms with Crippen molar-refractivity contribution < 1.29 is 14.0 Å². The third kappa shape index (κ3) is 4.71. The minimum absolute atomic E-state index is 0.102. The second kappa shape index (κ2) is 10.4. The highest BCUT2D eigenvalue weighted by Gasteiger charge is 2.37. The summed E-state index contributed by atoms with van der Waals surface area (Å²) in [7, 11) is 0. The first kappa shape index (κ1) is 23.7. The monoisotopic (exact) mass is 526 g/mol. The van der Waals surface area contributed by atoms with Crippen LogP contribution in [0.15, 0.2) is 105 Å². The molecule has 0 bridgehead atoms. The molecule has 0 radical (unpaired) electrons. The van der Waals surface area contributed by atoms with Crippen molar-refractivity contribution >= 4 is 17.7 Å². The molecule has 10 nitrogen and oxygen atoms in total. The van der Waals surface area contributed by atoms with Crippen LogP contribution in [-0.2, 0) is 13.0 Å². The predicted octanol–water partition coefficient (Wildman–Crippen LogP) is 2.77. The molecule has 190 valence electrons. The van der Waals surface area contributed by atoms with E-state index in [1.807, 2.05) is 83.5 Å². The molecule has 2 aromatic heterocycles. The second-order valence-electron chi connectivity index (χ2n) is 8.76. The molecule has 38 heavy (non-hydrogen) atoms. The van der Waals surface area contributed by atoms with Crippen LogP contribution in [0.5, 0.6) is 0 Å². The van der Waals surface area contributed by atoms with Gasteiger partial charge in [-0.15, -0.1) is 10.2 Å². The SMILES string of the molecule is O=C(NCc1nnc2n1NC(c1ccccc1)C(Cc1c(=O)o[nH][n+]1-c1ccccc1)S2)c1ccccc1. The molecule has 3 aromatic carbocycles. The van der Waals surface area contributed by atoms with Gasteiger partial charge in [0.1, 0.15) is 0 Å². The van der Waals surface area contributed by atoms with Gasteiger partial charge in [-0.05, 0) is 27.6 Å². The molecule has 6 rings (SSSR count). The van der Waals surface area contributed by atoms with Crippen LogP contribution in [0.1, 0.15) is 33.5 Å². The van der Waals surface area contributed by atoms with Gasteiger partial charge in [0.15, 0.2) is 5.82 Å². The van der Waals surface area contributed by atoms with Crippen molar-refractivity contribution in [1.82, 2.24) is 25.5 Å².